The van der Waals surface area contributed by atoms with Gasteiger partial charge in [-0.05, 0) is 90.0 Å². The summed E-state index contributed by atoms with van der Waals surface area (Å²) in [5, 5.41) is 8.38. The molecule has 0 radical (unpaired) electrons. The molecule has 6 heteroatoms. The molecule has 0 aliphatic carbocycles. The average molecular weight is 757 g/mol. The summed E-state index contributed by atoms with van der Waals surface area (Å²) < 4.78 is 12.9. The molecule has 12 rings (SSSR count). The van der Waals surface area contributed by atoms with E-state index in [0.717, 1.165) is 70.9 Å². The topological polar surface area (TPSA) is 29.3 Å². The number of thiophene rings is 2. The molecule has 0 fully saturated rings. The number of furan rings is 1. The van der Waals surface area contributed by atoms with Gasteiger partial charge in [-0.1, -0.05) is 91.0 Å². The van der Waals surface area contributed by atoms with Crippen LogP contribution >= 0.6 is 34.0 Å². The van der Waals surface area contributed by atoms with Gasteiger partial charge in [-0.2, -0.15) is 0 Å². The molecule has 12 aromatic rings. The first kappa shape index (κ1) is 31.1. The second-order valence-electron chi connectivity index (χ2n) is 13.9. The van der Waals surface area contributed by atoms with E-state index in [-0.39, 0.29) is 0 Å². The second-order valence-corrected chi connectivity index (χ2v) is 17.1. The third-order valence-corrected chi connectivity index (χ3v) is 14.1. The molecular formula is C49H28N2OS3. The Kier molecular flexibility index (Phi) is 6.84. The van der Waals surface area contributed by atoms with E-state index >= 15 is 0 Å². The number of rotatable bonds is 5. The number of benzene rings is 8. The molecular weight excluding hydrogens is 729 g/mol. The zero-order valence-electron chi connectivity index (χ0n) is 29.2. The highest BCUT2D eigenvalue weighted by Crippen LogP contribution is 2.44. The van der Waals surface area contributed by atoms with Gasteiger partial charge < -0.3 is 9.32 Å². The van der Waals surface area contributed by atoms with Gasteiger partial charge in [0, 0.05) is 68.4 Å². The van der Waals surface area contributed by atoms with Crippen LogP contribution in [0.5, 0.6) is 0 Å². The molecule has 0 unspecified atom stereocenters. The Hall–Kier alpha value is -6.31. The van der Waals surface area contributed by atoms with Gasteiger partial charge in [0.05, 0.1) is 15.6 Å². The zero-order valence-corrected chi connectivity index (χ0v) is 31.6. The van der Waals surface area contributed by atoms with Crippen LogP contribution in [0.1, 0.15) is 0 Å². The summed E-state index contributed by atoms with van der Waals surface area (Å²) in [7, 11) is 0. The Morgan fingerprint density at radius 3 is 1.84 bits per heavy atom. The van der Waals surface area contributed by atoms with Crippen molar-refractivity contribution in [2.75, 3.05) is 4.90 Å². The van der Waals surface area contributed by atoms with Crippen LogP contribution in [0.3, 0.4) is 0 Å². The molecule has 0 saturated carbocycles. The van der Waals surface area contributed by atoms with Crippen molar-refractivity contribution in [1.82, 2.24) is 4.98 Å². The van der Waals surface area contributed by atoms with E-state index in [4.69, 9.17) is 9.40 Å². The van der Waals surface area contributed by atoms with Gasteiger partial charge in [0.2, 0.25) is 0 Å². The van der Waals surface area contributed by atoms with Crippen molar-refractivity contribution >= 4 is 124 Å². The number of nitrogens with zero attached hydrogens (tertiary/aromatic N) is 2. The number of thiazole rings is 1. The van der Waals surface area contributed by atoms with E-state index in [1.54, 1.807) is 11.3 Å². The highest BCUT2D eigenvalue weighted by Gasteiger charge is 2.19. The second kappa shape index (κ2) is 12.1. The summed E-state index contributed by atoms with van der Waals surface area (Å²) in [6, 6.07) is 61.3. The van der Waals surface area contributed by atoms with E-state index in [1.807, 2.05) is 28.7 Å². The number of anilines is 3. The molecule has 55 heavy (non-hydrogen) atoms. The van der Waals surface area contributed by atoms with E-state index in [1.165, 1.54) is 40.3 Å². The van der Waals surface area contributed by atoms with Crippen molar-refractivity contribution in [3.8, 4) is 21.7 Å². The Balaban J connectivity index is 0.961. The third-order valence-electron chi connectivity index (χ3n) is 10.7. The quantitative estimate of drug-likeness (QED) is 0.175. The first-order valence-electron chi connectivity index (χ1n) is 18.3. The molecule has 0 amide bonds. The van der Waals surface area contributed by atoms with Crippen LogP contribution in [0, 0.1) is 0 Å². The maximum Gasteiger partial charge on any atom is 0.137 e. The monoisotopic (exact) mass is 756 g/mol. The van der Waals surface area contributed by atoms with Crippen LogP contribution in [0.2, 0.25) is 0 Å². The molecule has 0 bridgehead atoms. The van der Waals surface area contributed by atoms with Crippen LogP contribution in [-0.2, 0) is 0 Å². The van der Waals surface area contributed by atoms with E-state index in [2.05, 4.69) is 169 Å². The number of hydrogen-bond donors (Lipinski definition) is 0. The lowest BCUT2D eigenvalue weighted by Gasteiger charge is -2.26. The summed E-state index contributed by atoms with van der Waals surface area (Å²) in [4.78, 5) is 7.49. The van der Waals surface area contributed by atoms with Gasteiger partial charge in [-0.25, -0.2) is 4.98 Å². The van der Waals surface area contributed by atoms with Crippen LogP contribution in [-0.4, -0.2) is 4.98 Å². The van der Waals surface area contributed by atoms with Gasteiger partial charge >= 0.3 is 0 Å². The normalized spacial score (nSPS) is 12.0. The SMILES string of the molecule is c1ccc(-c2nc3c(ccc4oc5cc(-c6ccc(N(c7ccc8c(c7)sc7ccccc78)c7ccc8sc9ccccc9c8c7)cc6)ccc5c43)s2)cc1. The Morgan fingerprint density at radius 2 is 1.00 bits per heavy atom. The molecule has 0 N–H and O–H groups in total. The molecule has 4 aromatic heterocycles. The molecule has 0 spiro atoms. The lowest BCUT2D eigenvalue weighted by Crippen LogP contribution is -2.09. The van der Waals surface area contributed by atoms with Gasteiger partial charge in [0.1, 0.15) is 16.2 Å². The van der Waals surface area contributed by atoms with E-state index < -0.39 is 0 Å². The maximum atomic E-state index is 6.49. The Morgan fingerprint density at radius 1 is 0.382 bits per heavy atom. The van der Waals surface area contributed by atoms with Crippen LogP contribution in [0.25, 0.3) is 94.2 Å². The summed E-state index contributed by atoms with van der Waals surface area (Å²) >= 11 is 5.43. The summed E-state index contributed by atoms with van der Waals surface area (Å²) in [6.45, 7) is 0. The molecule has 0 aliphatic heterocycles. The van der Waals surface area contributed by atoms with Crippen molar-refractivity contribution < 1.29 is 4.42 Å². The fraction of sp³-hybridized carbons (Fsp3) is 0. The lowest BCUT2D eigenvalue weighted by molar-refractivity contribution is 0.669. The van der Waals surface area contributed by atoms with Gasteiger partial charge in [-0.3, -0.25) is 0 Å². The first-order valence-corrected chi connectivity index (χ1v) is 20.7. The molecule has 258 valence electrons. The lowest BCUT2D eigenvalue weighted by atomic mass is 10.0. The average Bonchev–Trinajstić information content (AvgIpc) is 4.02. The number of fused-ring (bicyclic) bond motifs is 11. The molecule has 8 aromatic carbocycles. The highest BCUT2D eigenvalue weighted by molar-refractivity contribution is 7.26. The van der Waals surface area contributed by atoms with Crippen LogP contribution in [0.4, 0.5) is 17.1 Å². The Labute approximate surface area is 327 Å². The fourth-order valence-corrected chi connectivity index (χ4v) is 11.3. The van der Waals surface area contributed by atoms with Crippen molar-refractivity contribution in [1.29, 1.82) is 0 Å². The van der Waals surface area contributed by atoms with Gasteiger partial charge in [0.15, 0.2) is 0 Å². The summed E-state index contributed by atoms with van der Waals surface area (Å²) in [5.41, 5.74) is 9.49. The van der Waals surface area contributed by atoms with Crippen LogP contribution < -0.4 is 4.90 Å². The smallest absolute Gasteiger partial charge is 0.137 e. The van der Waals surface area contributed by atoms with Crippen molar-refractivity contribution in [3.05, 3.63) is 170 Å². The van der Waals surface area contributed by atoms with Gasteiger partial charge in [-0.15, -0.1) is 34.0 Å². The van der Waals surface area contributed by atoms with Crippen LogP contribution in [0.15, 0.2) is 174 Å². The standard InChI is InChI=1S/C49H28N2OS3/c1-2-8-30(9-3-1)49-50-48-45(55-49)25-23-40-47(48)38-21-16-31(26-41(38)52-40)29-14-17-32(18-15-29)51(33-20-24-44-39(27-33)36-11-5-7-13-43(36)53-44)34-19-22-37-35-10-4-6-12-42(35)54-46(37)28-34/h1-28H. The predicted molar refractivity (Wildman–Crippen MR) is 238 cm³/mol. The molecule has 0 aliphatic rings. The first-order chi connectivity index (χ1) is 27.2. The third kappa shape index (κ3) is 4.96. The fourth-order valence-electron chi connectivity index (χ4n) is 8.09. The van der Waals surface area contributed by atoms with Crippen molar-refractivity contribution in [2.24, 2.45) is 0 Å². The molecule has 4 heterocycles. The molecule has 0 saturated heterocycles. The van der Waals surface area contributed by atoms with Crippen molar-refractivity contribution in [2.45, 2.75) is 0 Å². The zero-order chi connectivity index (χ0) is 36.0. The highest BCUT2D eigenvalue weighted by atomic mass is 32.1. The molecule has 3 nitrogen and oxygen atoms in total. The van der Waals surface area contributed by atoms with Gasteiger partial charge in [0.25, 0.3) is 0 Å². The summed E-state index contributed by atoms with van der Waals surface area (Å²) in [5.74, 6) is 0. The minimum atomic E-state index is 0.863. The molecule has 0 atom stereocenters. The predicted octanol–water partition coefficient (Wildman–Crippen LogP) is 15.7. The van der Waals surface area contributed by atoms with Crippen molar-refractivity contribution in [3.63, 3.8) is 0 Å². The Bertz CT molecular complexity index is 3440. The minimum absolute atomic E-state index is 0.863. The number of aromatic nitrogens is 1. The number of hydrogen-bond acceptors (Lipinski definition) is 6. The largest absolute Gasteiger partial charge is 0.456 e. The minimum Gasteiger partial charge on any atom is -0.456 e. The maximum absolute atomic E-state index is 6.49. The van der Waals surface area contributed by atoms with E-state index in [0.29, 0.717) is 0 Å². The summed E-state index contributed by atoms with van der Waals surface area (Å²) in [6.07, 6.45) is 0. The van der Waals surface area contributed by atoms with E-state index in [9.17, 15) is 0 Å².